The number of aliphatic hydroxyl groups is 1. The second kappa shape index (κ2) is 3.90. The van der Waals surface area contributed by atoms with Gasteiger partial charge < -0.3 is 9.67 Å². The van der Waals surface area contributed by atoms with Crippen molar-refractivity contribution in [2.24, 2.45) is 7.05 Å². The number of hydrogen-bond acceptors (Lipinski definition) is 1. The average molecular weight is 282 g/mol. The molecular formula is C13H16BrNO. The average Bonchev–Trinajstić information content (AvgIpc) is 2.42. The van der Waals surface area contributed by atoms with Crippen LogP contribution in [-0.4, -0.2) is 15.3 Å². The molecule has 0 unspecified atom stereocenters. The number of rotatable bonds is 2. The molecule has 86 valence electrons. The highest BCUT2D eigenvalue weighted by Gasteiger charge is 2.17. The lowest BCUT2D eigenvalue weighted by Crippen LogP contribution is -2.21. The molecule has 0 radical (unpaired) electrons. The molecule has 0 atom stereocenters. The maximum absolute atomic E-state index is 9.89. The molecule has 0 saturated heterocycles. The van der Waals surface area contributed by atoms with E-state index in [1.165, 1.54) is 16.5 Å². The molecule has 0 saturated carbocycles. The van der Waals surface area contributed by atoms with Crippen molar-refractivity contribution in [2.75, 3.05) is 0 Å². The van der Waals surface area contributed by atoms with Gasteiger partial charge in [0.15, 0.2) is 0 Å². The first-order valence-electron chi connectivity index (χ1n) is 5.33. The van der Waals surface area contributed by atoms with E-state index in [0.717, 1.165) is 4.47 Å². The Balaban J connectivity index is 2.60. The van der Waals surface area contributed by atoms with E-state index in [-0.39, 0.29) is 0 Å². The van der Waals surface area contributed by atoms with Crippen molar-refractivity contribution in [2.45, 2.75) is 25.9 Å². The van der Waals surface area contributed by atoms with Crippen molar-refractivity contribution in [3.63, 3.8) is 0 Å². The Morgan fingerprint density at radius 2 is 2.06 bits per heavy atom. The van der Waals surface area contributed by atoms with E-state index < -0.39 is 5.60 Å². The zero-order chi connectivity index (χ0) is 11.9. The summed E-state index contributed by atoms with van der Waals surface area (Å²) < 4.78 is 3.19. The van der Waals surface area contributed by atoms with Gasteiger partial charge in [-0.1, -0.05) is 12.1 Å². The zero-order valence-corrected chi connectivity index (χ0v) is 11.4. The Morgan fingerprint density at radius 3 is 2.69 bits per heavy atom. The summed E-state index contributed by atoms with van der Waals surface area (Å²) in [5.74, 6) is 0. The molecule has 1 aromatic heterocycles. The third kappa shape index (κ3) is 2.15. The molecule has 16 heavy (non-hydrogen) atoms. The lowest BCUT2D eigenvalue weighted by Gasteiger charge is -2.16. The summed E-state index contributed by atoms with van der Waals surface area (Å²) >= 11 is 3.56. The number of para-hydroxylation sites is 1. The number of aromatic nitrogens is 1. The van der Waals surface area contributed by atoms with Gasteiger partial charge in [-0.2, -0.15) is 0 Å². The molecule has 0 fully saturated rings. The maximum Gasteiger partial charge on any atom is 0.0632 e. The molecule has 0 amide bonds. The van der Waals surface area contributed by atoms with E-state index in [0.29, 0.717) is 6.42 Å². The molecule has 3 heteroatoms. The highest BCUT2D eigenvalue weighted by Crippen LogP contribution is 2.29. The Hall–Kier alpha value is -0.800. The molecule has 1 heterocycles. The molecule has 0 bridgehead atoms. The fourth-order valence-electron chi connectivity index (χ4n) is 2.11. The Bertz CT molecular complexity index is 522. The first kappa shape index (κ1) is 11.7. The summed E-state index contributed by atoms with van der Waals surface area (Å²) in [6.45, 7) is 3.67. The monoisotopic (exact) mass is 281 g/mol. The largest absolute Gasteiger partial charge is 0.390 e. The van der Waals surface area contributed by atoms with Gasteiger partial charge >= 0.3 is 0 Å². The van der Waals surface area contributed by atoms with Gasteiger partial charge in [0.25, 0.3) is 0 Å². The SMILES string of the molecule is Cn1cc(CC(C)(C)O)c2cccc(Br)c21. The van der Waals surface area contributed by atoms with Gasteiger partial charge in [0.05, 0.1) is 11.1 Å². The topological polar surface area (TPSA) is 25.2 Å². The summed E-state index contributed by atoms with van der Waals surface area (Å²) in [4.78, 5) is 0. The summed E-state index contributed by atoms with van der Waals surface area (Å²) in [5, 5.41) is 11.1. The quantitative estimate of drug-likeness (QED) is 0.898. The standard InChI is InChI=1S/C13H16BrNO/c1-13(2,16)7-9-8-15(3)12-10(9)5-4-6-11(12)14/h4-6,8,16H,7H2,1-3H3. The predicted molar refractivity (Wildman–Crippen MR) is 70.6 cm³/mol. The van der Waals surface area contributed by atoms with Crippen molar-refractivity contribution in [1.82, 2.24) is 4.57 Å². The van der Waals surface area contributed by atoms with Crippen LogP contribution < -0.4 is 0 Å². The fourth-order valence-corrected chi connectivity index (χ4v) is 2.75. The Labute approximate surface area is 104 Å². The second-order valence-corrected chi connectivity index (χ2v) is 5.74. The van der Waals surface area contributed by atoms with Crippen LogP contribution in [0.1, 0.15) is 19.4 Å². The van der Waals surface area contributed by atoms with E-state index in [2.05, 4.69) is 32.8 Å². The molecular weight excluding hydrogens is 266 g/mol. The number of benzene rings is 1. The minimum absolute atomic E-state index is 0.667. The van der Waals surface area contributed by atoms with E-state index in [9.17, 15) is 5.11 Å². The zero-order valence-electron chi connectivity index (χ0n) is 9.79. The van der Waals surface area contributed by atoms with E-state index in [4.69, 9.17) is 0 Å². The molecule has 1 N–H and O–H groups in total. The highest BCUT2D eigenvalue weighted by atomic mass is 79.9. The summed E-state index contributed by atoms with van der Waals surface area (Å²) in [5.41, 5.74) is 1.70. The van der Waals surface area contributed by atoms with Crippen molar-refractivity contribution in [1.29, 1.82) is 0 Å². The van der Waals surface area contributed by atoms with Gasteiger partial charge in [0.2, 0.25) is 0 Å². The van der Waals surface area contributed by atoms with Crippen LogP contribution in [0.4, 0.5) is 0 Å². The third-order valence-electron chi connectivity index (χ3n) is 2.66. The summed E-state index contributed by atoms with van der Waals surface area (Å²) in [6.07, 6.45) is 2.76. The van der Waals surface area contributed by atoms with Gasteiger partial charge in [0, 0.05) is 29.5 Å². The molecule has 0 spiro atoms. The smallest absolute Gasteiger partial charge is 0.0632 e. The Kier molecular flexibility index (Phi) is 2.84. The second-order valence-electron chi connectivity index (χ2n) is 4.89. The minimum Gasteiger partial charge on any atom is -0.390 e. The molecule has 0 aliphatic heterocycles. The molecule has 0 aliphatic rings. The first-order valence-corrected chi connectivity index (χ1v) is 6.12. The molecule has 1 aromatic carbocycles. The van der Waals surface area contributed by atoms with Crippen molar-refractivity contribution < 1.29 is 5.11 Å². The van der Waals surface area contributed by atoms with Crippen LogP contribution in [0, 0.1) is 0 Å². The molecule has 2 aromatic rings. The van der Waals surface area contributed by atoms with Crippen LogP contribution in [0.2, 0.25) is 0 Å². The lowest BCUT2D eigenvalue weighted by molar-refractivity contribution is 0.0813. The first-order chi connectivity index (χ1) is 7.38. The normalized spacial score (nSPS) is 12.3. The van der Waals surface area contributed by atoms with Crippen LogP contribution in [-0.2, 0) is 13.5 Å². The van der Waals surface area contributed by atoms with Crippen LogP contribution in [0.3, 0.4) is 0 Å². The van der Waals surface area contributed by atoms with Crippen LogP contribution >= 0.6 is 15.9 Å². The molecule has 2 nitrogen and oxygen atoms in total. The van der Waals surface area contributed by atoms with E-state index in [1.807, 2.05) is 33.0 Å². The summed E-state index contributed by atoms with van der Waals surface area (Å²) in [7, 11) is 2.03. The van der Waals surface area contributed by atoms with Crippen LogP contribution in [0.15, 0.2) is 28.9 Å². The highest BCUT2D eigenvalue weighted by molar-refractivity contribution is 9.10. The molecule has 2 rings (SSSR count). The lowest BCUT2D eigenvalue weighted by atomic mass is 9.98. The van der Waals surface area contributed by atoms with Crippen molar-refractivity contribution in [3.05, 3.63) is 34.4 Å². The van der Waals surface area contributed by atoms with Crippen molar-refractivity contribution >= 4 is 26.8 Å². The maximum atomic E-state index is 9.89. The van der Waals surface area contributed by atoms with E-state index >= 15 is 0 Å². The van der Waals surface area contributed by atoms with Gasteiger partial charge in [-0.15, -0.1) is 0 Å². The van der Waals surface area contributed by atoms with Gasteiger partial charge in [-0.05, 0) is 41.4 Å². The molecule has 0 aliphatic carbocycles. The number of halogens is 1. The number of aryl methyl sites for hydroxylation is 1. The van der Waals surface area contributed by atoms with Gasteiger partial charge in [0.1, 0.15) is 0 Å². The van der Waals surface area contributed by atoms with Gasteiger partial charge in [-0.3, -0.25) is 0 Å². The number of hydrogen-bond donors (Lipinski definition) is 1. The van der Waals surface area contributed by atoms with Crippen LogP contribution in [0.25, 0.3) is 10.9 Å². The summed E-state index contributed by atoms with van der Waals surface area (Å²) in [6, 6.07) is 6.16. The Morgan fingerprint density at radius 1 is 1.38 bits per heavy atom. The predicted octanol–water partition coefficient (Wildman–Crippen LogP) is 3.25. The third-order valence-corrected chi connectivity index (χ3v) is 3.30. The van der Waals surface area contributed by atoms with Crippen LogP contribution in [0.5, 0.6) is 0 Å². The fraction of sp³-hybridized carbons (Fsp3) is 0.385. The number of fused-ring (bicyclic) bond motifs is 1. The van der Waals surface area contributed by atoms with Gasteiger partial charge in [-0.25, -0.2) is 0 Å². The minimum atomic E-state index is -0.670. The van der Waals surface area contributed by atoms with E-state index in [1.54, 1.807) is 0 Å². The van der Waals surface area contributed by atoms with Crippen molar-refractivity contribution in [3.8, 4) is 0 Å². The number of nitrogens with zero attached hydrogens (tertiary/aromatic N) is 1.